The summed E-state index contributed by atoms with van der Waals surface area (Å²) in [4.78, 5) is 0. The van der Waals surface area contributed by atoms with Crippen molar-refractivity contribution in [3.05, 3.63) is 306 Å². The van der Waals surface area contributed by atoms with E-state index in [1.165, 1.54) is 0 Å². The first-order valence-electron chi connectivity index (χ1n) is 38.7. The normalized spacial score (nSPS) is 29.9. The van der Waals surface area contributed by atoms with E-state index < -0.39 is 146 Å². The predicted molar refractivity (Wildman–Crippen MR) is 450 cm³/mol. The molecule has 0 bridgehead atoms. The van der Waals surface area contributed by atoms with Gasteiger partial charge in [-0.05, 0) is 0 Å². The summed E-state index contributed by atoms with van der Waals surface area (Å²) in [5.41, 5.74) is 13.0. The van der Waals surface area contributed by atoms with Crippen molar-refractivity contribution in [3.63, 3.8) is 0 Å². The van der Waals surface area contributed by atoms with Gasteiger partial charge < -0.3 is 0 Å². The molecule has 4 aromatic rings. The van der Waals surface area contributed by atoms with Gasteiger partial charge in [0.1, 0.15) is 0 Å². The number of benzene rings is 4. The van der Waals surface area contributed by atoms with E-state index in [1.807, 2.05) is 103 Å². The van der Waals surface area contributed by atoms with Gasteiger partial charge in [-0.2, -0.15) is 0 Å². The van der Waals surface area contributed by atoms with Crippen molar-refractivity contribution < 1.29 is 49.8 Å². The van der Waals surface area contributed by atoms with Gasteiger partial charge in [-0.1, -0.05) is 0 Å². The molecule has 0 nitrogen and oxygen atoms in total. The molecule has 0 N–H and O–H groups in total. The average molecular weight is 1760 g/mol. The van der Waals surface area contributed by atoms with Gasteiger partial charge in [0.2, 0.25) is 0 Å². The van der Waals surface area contributed by atoms with E-state index in [9.17, 15) is 17.2 Å². The van der Waals surface area contributed by atoms with Gasteiger partial charge in [0.25, 0.3) is 0 Å². The van der Waals surface area contributed by atoms with Crippen molar-refractivity contribution >= 4 is 87.8 Å². The van der Waals surface area contributed by atoms with Crippen LogP contribution in [0.4, 0.5) is 35.1 Å². The van der Waals surface area contributed by atoms with Crippen molar-refractivity contribution in [2.75, 3.05) is 0 Å². The second-order valence-corrected chi connectivity index (χ2v) is 112. The first kappa shape index (κ1) is 78.6. The molecule has 0 saturated carbocycles. The van der Waals surface area contributed by atoms with Crippen LogP contribution in [0.15, 0.2) is 237 Å². The van der Waals surface area contributed by atoms with Crippen molar-refractivity contribution in [3.8, 4) is 0 Å². The molecular weight excluding hydrogens is 1650 g/mol. The van der Waals surface area contributed by atoms with Gasteiger partial charge in [-0.15, -0.1) is 0 Å². The maximum atomic E-state index is 17.5. The van der Waals surface area contributed by atoms with Crippen LogP contribution >= 0.6 is 17.2 Å². The van der Waals surface area contributed by atoms with E-state index in [0.717, 1.165) is 66.9 Å². The van der Waals surface area contributed by atoms with E-state index in [1.54, 1.807) is 48.5 Å². The molecule has 8 unspecified atom stereocenters. The first-order chi connectivity index (χ1) is 49.7. The molecule has 0 radical (unpaired) electrons. The molecule has 10 aliphatic rings. The van der Waals surface area contributed by atoms with E-state index in [0.29, 0.717) is 22.3 Å². The SMILES string of the molecule is CC(C)C1=CC2=C(C=CC=CC2c2cc(F)c([Si](C)(C)C)c(F)c2)[C]12[SiH](C)[C]1(C(C(C)C)=CC3=C1C=CC=CC3c1cc(F)c([Si](C)(C)C)c(F)c1)[Hf]21([Cl])([Cl])[C]2(C(C(C)C)=CC3=C2C=CC=CC3c2cc(F)c([Si](C)(C)C)c(F)c2)[SiH](C)[C]12C(C(C)C)=CC1=C2C=CC=CC1c1cc(F)c([Si](C)(C)C)c(F)c1. The second-order valence-electron chi connectivity index (χ2n) is 38.1. The zero-order valence-electron chi connectivity index (χ0n) is 66.2. The molecule has 2 heterocycles. The summed E-state index contributed by atoms with van der Waals surface area (Å²) in [5.74, 6) is -8.83. The number of hydrogen-bond donors (Lipinski definition) is 0. The van der Waals surface area contributed by atoms with Gasteiger partial charge in [0.05, 0.1) is 0 Å². The summed E-state index contributed by atoms with van der Waals surface area (Å²) in [7, 11) is 6.73. The van der Waals surface area contributed by atoms with Crippen molar-refractivity contribution in [1.29, 1.82) is 0 Å². The molecule has 562 valence electrons. The van der Waals surface area contributed by atoms with Crippen LogP contribution in [0.3, 0.4) is 0 Å². The molecule has 8 atom stereocenters. The number of rotatable bonds is 12. The zero-order chi connectivity index (χ0) is 78.1. The predicted octanol–water partition coefficient (Wildman–Crippen LogP) is 24.6. The Kier molecular flexibility index (Phi) is 18.5. The monoisotopic (exact) mass is 1750 g/mol. The molecule has 5 spiro atoms. The Bertz CT molecular complexity index is 4470. The molecule has 2 fully saturated rings. The Balaban J connectivity index is 1.26. The second kappa shape index (κ2) is 25.2. The Hall–Kier alpha value is -5.09. The van der Waals surface area contributed by atoms with Gasteiger partial charge >= 0.3 is 649 Å². The Morgan fingerprint density at radius 3 is 0.626 bits per heavy atom. The van der Waals surface area contributed by atoms with Gasteiger partial charge in [0.15, 0.2) is 0 Å². The van der Waals surface area contributed by atoms with E-state index in [2.05, 4.69) is 166 Å². The molecule has 14 rings (SSSR count). The van der Waals surface area contributed by atoms with Gasteiger partial charge in [0, 0.05) is 0 Å². The topological polar surface area (TPSA) is 0 Å². The molecule has 0 aromatic heterocycles. The summed E-state index contributed by atoms with van der Waals surface area (Å²) in [6.45, 7) is 46.4. The van der Waals surface area contributed by atoms with E-state index in [4.69, 9.17) is 0 Å². The average Bonchev–Trinajstić information content (AvgIpc) is 1.50. The van der Waals surface area contributed by atoms with Crippen LogP contribution in [-0.2, 0) is 14.7 Å². The third kappa shape index (κ3) is 9.47. The van der Waals surface area contributed by atoms with E-state index in [-0.39, 0.29) is 44.4 Å². The molecule has 17 heteroatoms. The summed E-state index contributed by atoms with van der Waals surface area (Å²) < 4.78 is 135. The number of halogens is 10. The van der Waals surface area contributed by atoms with Crippen LogP contribution < -0.4 is 20.7 Å². The number of allylic oxidation sites excluding steroid dienone is 32. The molecule has 2 aliphatic heterocycles. The van der Waals surface area contributed by atoms with Crippen LogP contribution in [0.5, 0.6) is 0 Å². The maximum absolute atomic E-state index is 17.5. The molecule has 8 aliphatic carbocycles. The van der Waals surface area contributed by atoms with Crippen LogP contribution in [0.1, 0.15) is 101 Å². The van der Waals surface area contributed by atoms with Gasteiger partial charge in [-0.25, -0.2) is 0 Å². The quantitative estimate of drug-likeness (QED) is 0.0980. The minimum atomic E-state index is -8.88. The summed E-state index contributed by atoms with van der Waals surface area (Å²) >= 11 is -8.88. The van der Waals surface area contributed by atoms with Crippen LogP contribution in [0.2, 0.25) is 103 Å². The first-order valence-corrected chi connectivity index (χ1v) is 73.4. The van der Waals surface area contributed by atoms with Crippen LogP contribution in [0.25, 0.3) is 0 Å². The third-order valence-corrected chi connectivity index (χ3v) is 150. The standard InChI is InChI=1S/2C45H52F4Si3.2ClH.Hf/c2*1-26(2)34-24-36-30(28-20-38(46)44(39(47)21-28)51(6,7)8)16-12-14-18-32(36)42(34)50(5)43-33-19-15-13-17-31(37(33)25-35(43)27(3)4)29-22-40(48)45(41(49)23-29)52(9,10)11;;;/h2*12-27,30-31,50H,1-11H3;2*1H;/q;;;;+2/p-2. The van der Waals surface area contributed by atoms with Crippen molar-refractivity contribution in [2.45, 2.75) is 182 Å². The van der Waals surface area contributed by atoms with E-state index >= 15 is 35.1 Å². The molecule has 0 amide bonds. The molecule has 107 heavy (non-hydrogen) atoms. The Labute approximate surface area is 643 Å². The number of fused-ring (bicyclic) bond motifs is 8. The van der Waals surface area contributed by atoms with Crippen molar-refractivity contribution in [1.82, 2.24) is 0 Å². The van der Waals surface area contributed by atoms with Crippen molar-refractivity contribution in [2.24, 2.45) is 23.7 Å². The fraction of sp³-hybridized carbons (Fsp3) is 0.378. The Morgan fingerprint density at radius 1 is 0.308 bits per heavy atom. The molecule has 4 aromatic carbocycles. The summed E-state index contributed by atoms with van der Waals surface area (Å²) in [6.07, 6.45) is 43.0. The summed E-state index contributed by atoms with van der Waals surface area (Å²) in [5, 5.41) is 0.505. The fourth-order valence-corrected chi connectivity index (χ4v) is 202. The number of hydrogen-bond acceptors (Lipinski definition) is 0. The molecule has 2 saturated heterocycles. The fourth-order valence-electron chi connectivity index (χ4n) is 25.0. The van der Waals surface area contributed by atoms with Gasteiger partial charge in [-0.3, -0.25) is 0 Å². The Morgan fingerprint density at radius 2 is 0.477 bits per heavy atom. The zero-order valence-corrected chi connectivity index (χ0v) is 77.6. The van der Waals surface area contributed by atoms with Crippen LogP contribution in [-0.4, -0.2) is 49.9 Å². The summed E-state index contributed by atoms with van der Waals surface area (Å²) in [6, 6.07) is 12.4. The minimum absolute atomic E-state index is 0.126. The molecular formula is C90H104Cl2F8HfSi6. The van der Waals surface area contributed by atoms with Crippen LogP contribution in [0, 0.1) is 70.2 Å². The third-order valence-electron chi connectivity index (χ3n) is 27.4.